The standard InChI is InChI=1S/C27H32N4O13S/c1-14(32)39-13-21(41-16(3)34)23(43-18(5)36)24-22(42-17(4)35)20(40-15(2)33)12-27(44-24,25(37)38-6)45-26-28-29-30-31(26)19-10-8-7-9-11-19/h7-11,20-24H,12-13H2,1-6H3/t20-,21+,22+,23-,24+,27+/m0/s1. The second-order valence-electron chi connectivity index (χ2n) is 9.59. The fourth-order valence-electron chi connectivity index (χ4n) is 4.51. The van der Waals surface area contributed by atoms with Gasteiger partial charge in [-0.1, -0.05) is 18.2 Å². The van der Waals surface area contributed by atoms with E-state index >= 15 is 0 Å². The topological polar surface area (TPSA) is 211 Å². The number of carbonyl (C=O) groups is 6. The van der Waals surface area contributed by atoms with E-state index in [2.05, 4.69) is 15.5 Å². The Morgan fingerprint density at radius 2 is 1.58 bits per heavy atom. The number of hydrogen-bond acceptors (Lipinski definition) is 17. The zero-order valence-electron chi connectivity index (χ0n) is 25.2. The maximum Gasteiger partial charge on any atom is 0.349 e. The summed E-state index contributed by atoms with van der Waals surface area (Å²) < 4.78 is 39.7. The quantitative estimate of drug-likeness (QED) is 0.228. The predicted molar refractivity (Wildman–Crippen MR) is 148 cm³/mol. The molecule has 244 valence electrons. The molecule has 18 heteroatoms. The maximum atomic E-state index is 13.6. The van der Waals surface area contributed by atoms with Gasteiger partial charge in [0.15, 0.2) is 18.3 Å². The number of esters is 6. The molecule has 1 aliphatic heterocycles. The van der Waals surface area contributed by atoms with Crippen molar-refractivity contribution in [3.63, 3.8) is 0 Å². The first-order valence-corrected chi connectivity index (χ1v) is 14.2. The number of tetrazole rings is 1. The molecule has 0 spiro atoms. The number of hydrogen-bond donors (Lipinski definition) is 0. The van der Waals surface area contributed by atoms with Crippen LogP contribution in [0.4, 0.5) is 0 Å². The lowest BCUT2D eigenvalue weighted by atomic mass is 9.91. The van der Waals surface area contributed by atoms with E-state index in [4.69, 9.17) is 33.2 Å². The minimum atomic E-state index is -2.15. The number of ether oxygens (including phenoxy) is 7. The predicted octanol–water partition coefficient (Wildman–Crippen LogP) is 0.703. The van der Waals surface area contributed by atoms with Gasteiger partial charge in [-0.2, -0.15) is 4.68 Å². The van der Waals surface area contributed by atoms with Gasteiger partial charge in [-0.15, -0.1) is 5.10 Å². The lowest BCUT2D eigenvalue weighted by Gasteiger charge is -2.47. The van der Waals surface area contributed by atoms with Crippen LogP contribution in [0.15, 0.2) is 35.5 Å². The number of aromatic nitrogens is 4. The maximum absolute atomic E-state index is 13.6. The highest BCUT2D eigenvalue weighted by molar-refractivity contribution is 8.01. The molecule has 1 aromatic heterocycles. The SMILES string of the molecule is COC(=O)[C@]1(Sc2nnnn2-c2ccccc2)C[C@H](OC(C)=O)[C@@H](OC(C)=O)[C@H]([C@@H](OC(C)=O)[C@@H](COC(C)=O)OC(C)=O)O1. The van der Waals surface area contributed by atoms with Gasteiger partial charge in [-0.3, -0.25) is 24.0 Å². The third-order valence-corrected chi connectivity index (χ3v) is 7.26. The highest BCUT2D eigenvalue weighted by Crippen LogP contribution is 2.46. The number of thioether (sulfide) groups is 1. The molecule has 0 radical (unpaired) electrons. The molecule has 6 atom stereocenters. The highest BCUT2D eigenvalue weighted by Gasteiger charge is 2.60. The first kappa shape index (κ1) is 34.9. The van der Waals surface area contributed by atoms with Crippen molar-refractivity contribution in [1.29, 1.82) is 0 Å². The van der Waals surface area contributed by atoms with Crippen LogP contribution in [0.3, 0.4) is 0 Å². The zero-order valence-corrected chi connectivity index (χ0v) is 26.0. The van der Waals surface area contributed by atoms with Crippen LogP contribution < -0.4 is 0 Å². The van der Waals surface area contributed by atoms with Crippen LogP contribution in [0.5, 0.6) is 0 Å². The summed E-state index contributed by atoms with van der Waals surface area (Å²) in [5.74, 6) is -5.23. The van der Waals surface area contributed by atoms with Gasteiger partial charge in [-0.05, 0) is 34.3 Å². The molecule has 1 saturated heterocycles. The number of carbonyl (C=O) groups excluding carboxylic acids is 6. The number of benzene rings is 1. The molecule has 17 nitrogen and oxygen atoms in total. The van der Waals surface area contributed by atoms with E-state index < -0.39 is 84.3 Å². The summed E-state index contributed by atoms with van der Waals surface area (Å²) in [5, 5.41) is 11.7. The van der Waals surface area contributed by atoms with Gasteiger partial charge in [0.1, 0.15) is 18.8 Å². The van der Waals surface area contributed by atoms with Gasteiger partial charge in [0.05, 0.1) is 12.8 Å². The van der Waals surface area contributed by atoms with Gasteiger partial charge in [0.25, 0.3) is 0 Å². The van der Waals surface area contributed by atoms with Crippen molar-refractivity contribution in [2.24, 2.45) is 0 Å². The Balaban J connectivity index is 2.23. The molecule has 1 aromatic carbocycles. The van der Waals surface area contributed by atoms with Crippen molar-refractivity contribution < 1.29 is 61.9 Å². The normalized spacial score (nSPS) is 22.2. The molecule has 0 unspecified atom stereocenters. The minimum absolute atomic E-state index is 0.0262. The van der Waals surface area contributed by atoms with Crippen LogP contribution in [-0.4, -0.2) is 105 Å². The van der Waals surface area contributed by atoms with Gasteiger partial charge in [0, 0.05) is 41.0 Å². The minimum Gasteiger partial charge on any atom is -0.466 e. The second-order valence-corrected chi connectivity index (χ2v) is 10.8. The largest absolute Gasteiger partial charge is 0.466 e. The first-order chi connectivity index (χ1) is 21.3. The van der Waals surface area contributed by atoms with E-state index in [1.807, 2.05) is 0 Å². The molecule has 2 heterocycles. The summed E-state index contributed by atoms with van der Waals surface area (Å²) in [4.78, 5) is 72.2. The molecular formula is C27H32N4O13S. The van der Waals surface area contributed by atoms with E-state index in [1.54, 1.807) is 30.3 Å². The summed E-state index contributed by atoms with van der Waals surface area (Å²) in [6.07, 6.45) is -8.41. The molecule has 1 aliphatic rings. The summed E-state index contributed by atoms with van der Waals surface area (Å²) >= 11 is 0.673. The lowest BCUT2D eigenvalue weighted by Crippen LogP contribution is -2.64. The van der Waals surface area contributed by atoms with Crippen molar-refractivity contribution in [2.75, 3.05) is 13.7 Å². The monoisotopic (exact) mass is 652 g/mol. The molecule has 0 amide bonds. The Morgan fingerprint density at radius 1 is 0.933 bits per heavy atom. The smallest absolute Gasteiger partial charge is 0.349 e. The van der Waals surface area contributed by atoms with E-state index in [1.165, 1.54) is 4.68 Å². The summed E-state index contributed by atoms with van der Waals surface area (Å²) in [6, 6.07) is 8.64. The lowest BCUT2D eigenvalue weighted by molar-refractivity contribution is -0.249. The van der Waals surface area contributed by atoms with Crippen LogP contribution in [0.2, 0.25) is 0 Å². The third kappa shape index (κ3) is 9.21. The third-order valence-electron chi connectivity index (χ3n) is 6.06. The number of para-hydroxylation sites is 1. The van der Waals surface area contributed by atoms with E-state index in [9.17, 15) is 28.8 Å². The molecule has 0 aliphatic carbocycles. The van der Waals surface area contributed by atoms with Crippen LogP contribution in [-0.2, 0) is 61.9 Å². The van der Waals surface area contributed by atoms with E-state index in [-0.39, 0.29) is 5.16 Å². The molecule has 45 heavy (non-hydrogen) atoms. The Labute approximate surface area is 261 Å². The fraction of sp³-hybridized carbons (Fsp3) is 0.519. The molecule has 1 fully saturated rings. The van der Waals surface area contributed by atoms with E-state index in [0.29, 0.717) is 17.4 Å². The Bertz CT molecular complexity index is 1400. The molecule has 0 bridgehead atoms. The van der Waals surface area contributed by atoms with Crippen LogP contribution in [0.25, 0.3) is 5.69 Å². The molecule has 3 rings (SSSR count). The van der Waals surface area contributed by atoms with Gasteiger partial charge in [-0.25, -0.2) is 4.79 Å². The number of rotatable bonds is 12. The fourth-order valence-corrected chi connectivity index (χ4v) is 5.68. The van der Waals surface area contributed by atoms with Gasteiger partial charge < -0.3 is 33.2 Å². The molecule has 2 aromatic rings. The van der Waals surface area contributed by atoms with Crippen molar-refractivity contribution in [3.05, 3.63) is 30.3 Å². The summed E-state index contributed by atoms with van der Waals surface area (Å²) in [7, 11) is 1.08. The van der Waals surface area contributed by atoms with Crippen molar-refractivity contribution in [1.82, 2.24) is 20.2 Å². The number of methoxy groups -OCH3 is 1. The van der Waals surface area contributed by atoms with Crippen molar-refractivity contribution >= 4 is 47.6 Å². The Hall–Kier alpha value is -4.58. The van der Waals surface area contributed by atoms with Crippen LogP contribution in [0, 0.1) is 0 Å². The second kappa shape index (κ2) is 15.4. The Kier molecular flexibility index (Phi) is 12.0. The van der Waals surface area contributed by atoms with Gasteiger partial charge in [0.2, 0.25) is 10.1 Å². The molecule has 0 saturated carbocycles. The zero-order chi connectivity index (χ0) is 33.3. The molecular weight excluding hydrogens is 620 g/mol. The Morgan fingerprint density at radius 3 is 2.13 bits per heavy atom. The number of nitrogens with zero attached hydrogens (tertiary/aromatic N) is 4. The van der Waals surface area contributed by atoms with Crippen LogP contribution >= 0.6 is 11.8 Å². The average molecular weight is 653 g/mol. The van der Waals surface area contributed by atoms with Crippen LogP contribution in [0.1, 0.15) is 41.0 Å². The summed E-state index contributed by atoms with van der Waals surface area (Å²) in [5.41, 5.74) is 0.515. The summed E-state index contributed by atoms with van der Waals surface area (Å²) in [6.45, 7) is 4.70. The first-order valence-electron chi connectivity index (χ1n) is 13.4. The molecule has 0 N–H and O–H groups in total. The highest BCUT2D eigenvalue weighted by atomic mass is 32.2. The van der Waals surface area contributed by atoms with E-state index in [0.717, 1.165) is 41.7 Å². The average Bonchev–Trinajstić information content (AvgIpc) is 3.42. The van der Waals surface area contributed by atoms with Crippen molar-refractivity contribution in [3.8, 4) is 5.69 Å². The van der Waals surface area contributed by atoms with Crippen molar-refractivity contribution in [2.45, 2.75) is 81.6 Å². The van der Waals surface area contributed by atoms with Gasteiger partial charge >= 0.3 is 35.8 Å².